The number of anilines is 1. The topological polar surface area (TPSA) is 129 Å². The smallest absolute Gasteiger partial charge is 0.210 e. The minimum atomic E-state index is -3.53. The van der Waals surface area contributed by atoms with Gasteiger partial charge >= 0.3 is 0 Å². The first-order valence-electron chi connectivity index (χ1n) is 10.7. The number of nitrogens with two attached hydrogens (primary N) is 1. The fourth-order valence-electron chi connectivity index (χ4n) is 3.96. The summed E-state index contributed by atoms with van der Waals surface area (Å²) in [6.45, 7) is 0. The summed E-state index contributed by atoms with van der Waals surface area (Å²) in [5.41, 5.74) is 10.4. The first-order valence-corrected chi connectivity index (χ1v) is 12.6. The summed E-state index contributed by atoms with van der Waals surface area (Å²) in [5.74, 6) is 0. The van der Waals surface area contributed by atoms with E-state index in [-0.39, 0.29) is 0 Å². The summed E-state index contributed by atoms with van der Waals surface area (Å²) >= 11 is 0. The molecule has 2 atom stereocenters. The molecule has 3 N–H and O–H groups in total. The number of carbonyl (C=O) groups is 1. The van der Waals surface area contributed by atoms with Crippen molar-refractivity contribution in [3.63, 3.8) is 0 Å². The normalized spacial score (nSPS) is 16.6. The second-order valence-electron chi connectivity index (χ2n) is 8.01. The number of pyridine rings is 1. The van der Waals surface area contributed by atoms with Gasteiger partial charge in [-0.05, 0) is 53.1 Å². The lowest BCUT2D eigenvalue weighted by Gasteiger charge is -2.34. The van der Waals surface area contributed by atoms with Crippen LogP contribution in [0, 0.1) is 11.3 Å². The first-order chi connectivity index (χ1) is 16.8. The van der Waals surface area contributed by atoms with Gasteiger partial charge in [-0.2, -0.15) is 9.98 Å². The van der Waals surface area contributed by atoms with E-state index >= 15 is 0 Å². The summed E-state index contributed by atoms with van der Waals surface area (Å²) < 4.78 is 25.7. The maximum absolute atomic E-state index is 12.4. The SMILES string of the molecule is CS(=O)(=O)NC(N)c1cccc(N2C=C(c3ccccn3)C=C(c3ccccc3C#N)C2C=O)c1. The van der Waals surface area contributed by atoms with Gasteiger partial charge in [-0.1, -0.05) is 36.4 Å². The molecule has 8 nitrogen and oxygen atoms in total. The van der Waals surface area contributed by atoms with Crippen molar-refractivity contribution in [2.75, 3.05) is 11.2 Å². The van der Waals surface area contributed by atoms with Crippen molar-refractivity contribution in [2.45, 2.75) is 12.2 Å². The van der Waals surface area contributed by atoms with Gasteiger partial charge in [0.05, 0.1) is 29.7 Å². The zero-order chi connectivity index (χ0) is 25.0. The van der Waals surface area contributed by atoms with E-state index in [2.05, 4.69) is 15.8 Å². The first kappa shape index (κ1) is 24.0. The van der Waals surface area contributed by atoms with Crippen molar-refractivity contribution in [1.29, 1.82) is 5.26 Å². The average molecular weight is 486 g/mol. The third-order valence-corrected chi connectivity index (χ3v) is 6.21. The lowest BCUT2D eigenvalue weighted by Crippen LogP contribution is -2.36. The third kappa shape index (κ3) is 5.36. The molecule has 3 aromatic rings. The van der Waals surface area contributed by atoms with Gasteiger partial charge in [0.1, 0.15) is 12.3 Å². The van der Waals surface area contributed by atoms with Gasteiger partial charge in [-0.3, -0.25) is 4.98 Å². The molecule has 0 fully saturated rings. The van der Waals surface area contributed by atoms with Crippen molar-refractivity contribution >= 4 is 33.1 Å². The number of carbonyl (C=O) groups excluding carboxylic acids is 1. The predicted octanol–water partition coefficient (Wildman–Crippen LogP) is 2.97. The van der Waals surface area contributed by atoms with Crippen LogP contribution in [-0.2, 0) is 14.8 Å². The Morgan fingerprint density at radius 2 is 1.91 bits per heavy atom. The van der Waals surface area contributed by atoms with Crippen LogP contribution in [0.15, 0.2) is 85.2 Å². The van der Waals surface area contributed by atoms with E-state index in [4.69, 9.17) is 5.73 Å². The molecule has 0 saturated heterocycles. The molecule has 0 amide bonds. The van der Waals surface area contributed by atoms with E-state index in [1.54, 1.807) is 47.5 Å². The molecule has 0 saturated carbocycles. The molecular weight excluding hydrogens is 462 g/mol. The molecule has 2 heterocycles. The number of sulfonamides is 1. The lowest BCUT2D eigenvalue weighted by atomic mass is 9.89. The van der Waals surface area contributed by atoms with Gasteiger partial charge in [0.25, 0.3) is 0 Å². The van der Waals surface area contributed by atoms with Crippen LogP contribution in [0.25, 0.3) is 11.1 Å². The lowest BCUT2D eigenvalue weighted by molar-refractivity contribution is -0.107. The maximum Gasteiger partial charge on any atom is 0.210 e. The van der Waals surface area contributed by atoms with Crippen LogP contribution in [0.4, 0.5) is 5.69 Å². The minimum absolute atomic E-state index is 0.445. The molecule has 0 aliphatic carbocycles. The van der Waals surface area contributed by atoms with Crippen molar-refractivity contribution in [3.05, 3.63) is 108 Å². The number of allylic oxidation sites excluding steroid dienone is 2. The Morgan fingerprint density at radius 3 is 2.60 bits per heavy atom. The van der Waals surface area contributed by atoms with Crippen molar-refractivity contribution < 1.29 is 13.2 Å². The Morgan fingerprint density at radius 1 is 1.14 bits per heavy atom. The number of hydrogen-bond acceptors (Lipinski definition) is 7. The number of nitrogens with one attached hydrogen (secondary N) is 1. The second-order valence-corrected chi connectivity index (χ2v) is 9.79. The molecule has 1 aliphatic rings. The van der Waals surface area contributed by atoms with Gasteiger partial charge in [0.2, 0.25) is 10.0 Å². The number of benzene rings is 2. The van der Waals surface area contributed by atoms with Gasteiger partial charge in [-0.25, -0.2) is 8.42 Å². The van der Waals surface area contributed by atoms with E-state index in [9.17, 15) is 18.5 Å². The molecular formula is C26H23N5O3S. The highest BCUT2D eigenvalue weighted by molar-refractivity contribution is 7.88. The standard InChI is InChI=1S/C26H23N5O3S/c1-35(33,34)30-26(28)18-8-6-9-21(13-18)31-16-20(24-11-4-5-12-29-24)14-23(25(31)17-32)22-10-3-2-7-19(22)15-27/h2-14,16-17,25-26,30H,28H2,1H3. The molecule has 0 bridgehead atoms. The molecule has 0 radical (unpaired) electrons. The summed E-state index contributed by atoms with van der Waals surface area (Å²) in [6, 6.07) is 21.1. The fraction of sp³-hybridized carbons (Fsp3) is 0.115. The van der Waals surface area contributed by atoms with Gasteiger partial charge < -0.3 is 15.4 Å². The van der Waals surface area contributed by atoms with Crippen LogP contribution in [0.3, 0.4) is 0 Å². The van der Waals surface area contributed by atoms with Crippen molar-refractivity contribution in [3.8, 4) is 6.07 Å². The predicted molar refractivity (Wildman–Crippen MR) is 135 cm³/mol. The van der Waals surface area contributed by atoms with E-state index in [0.29, 0.717) is 33.6 Å². The van der Waals surface area contributed by atoms with Gasteiger partial charge in [0, 0.05) is 23.7 Å². The summed E-state index contributed by atoms with van der Waals surface area (Å²) in [5, 5.41) is 9.69. The number of nitriles is 1. The summed E-state index contributed by atoms with van der Waals surface area (Å²) in [6.07, 6.45) is 6.25. The highest BCUT2D eigenvalue weighted by Crippen LogP contribution is 2.36. The molecule has 4 rings (SSSR count). The minimum Gasteiger partial charge on any atom is -0.333 e. The van der Waals surface area contributed by atoms with E-state index in [0.717, 1.165) is 18.1 Å². The highest BCUT2D eigenvalue weighted by atomic mass is 32.2. The molecule has 2 unspecified atom stereocenters. The molecule has 9 heteroatoms. The summed E-state index contributed by atoms with van der Waals surface area (Å²) in [7, 11) is -3.53. The van der Waals surface area contributed by atoms with E-state index in [1.807, 2.05) is 42.6 Å². The quantitative estimate of drug-likeness (QED) is 0.389. The summed E-state index contributed by atoms with van der Waals surface area (Å²) in [4.78, 5) is 18.7. The fourth-order valence-corrected chi connectivity index (χ4v) is 4.56. The van der Waals surface area contributed by atoms with Crippen LogP contribution in [0.1, 0.15) is 28.6 Å². The third-order valence-electron chi connectivity index (χ3n) is 5.52. The van der Waals surface area contributed by atoms with Crippen LogP contribution in [0.2, 0.25) is 0 Å². The van der Waals surface area contributed by atoms with Crippen LogP contribution < -0.4 is 15.4 Å². The number of hydrogen-bond donors (Lipinski definition) is 2. The molecule has 35 heavy (non-hydrogen) atoms. The number of rotatable bonds is 7. The highest BCUT2D eigenvalue weighted by Gasteiger charge is 2.29. The monoisotopic (exact) mass is 485 g/mol. The van der Waals surface area contributed by atoms with Gasteiger partial charge in [0.15, 0.2) is 0 Å². The zero-order valence-corrected chi connectivity index (χ0v) is 19.7. The van der Waals surface area contributed by atoms with E-state index in [1.165, 1.54) is 0 Å². The molecule has 176 valence electrons. The number of aldehydes is 1. The number of nitrogens with zero attached hydrogens (tertiary/aromatic N) is 3. The Bertz CT molecular complexity index is 1460. The van der Waals surface area contributed by atoms with Crippen molar-refractivity contribution in [1.82, 2.24) is 9.71 Å². The largest absolute Gasteiger partial charge is 0.333 e. The maximum atomic E-state index is 12.4. The zero-order valence-electron chi connectivity index (χ0n) is 18.9. The van der Waals surface area contributed by atoms with Crippen LogP contribution in [-0.4, -0.2) is 32.0 Å². The molecule has 2 aromatic carbocycles. The van der Waals surface area contributed by atoms with Gasteiger partial charge in [-0.15, -0.1) is 0 Å². The van der Waals surface area contributed by atoms with E-state index < -0.39 is 22.2 Å². The Hall–Kier alpha value is -4.10. The Kier molecular flexibility index (Phi) is 6.89. The molecule has 1 aliphatic heterocycles. The molecule has 0 spiro atoms. The van der Waals surface area contributed by atoms with Crippen molar-refractivity contribution in [2.24, 2.45) is 5.73 Å². The van der Waals surface area contributed by atoms with Crippen LogP contribution >= 0.6 is 0 Å². The second kappa shape index (κ2) is 10.0. The average Bonchev–Trinajstić information content (AvgIpc) is 2.87. The Labute approximate surface area is 204 Å². The molecule has 1 aromatic heterocycles. The number of aromatic nitrogens is 1. The Balaban J connectivity index is 1.86. The van der Waals surface area contributed by atoms with Crippen LogP contribution in [0.5, 0.6) is 0 Å².